The highest BCUT2D eigenvalue weighted by atomic mass is 32.2. The number of carbonyl (C=O) groups excluding carboxylic acids is 1. The van der Waals surface area contributed by atoms with Gasteiger partial charge < -0.3 is 4.90 Å². The topological polar surface area (TPSA) is 57.7 Å². The quantitative estimate of drug-likeness (QED) is 0.815. The van der Waals surface area contributed by atoms with Gasteiger partial charge in [-0.3, -0.25) is 4.79 Å². The largest absolute Gasteiger partial charge is 0.338 e. The van der Waals surface area contributed by atoms with Crippen molar-refractivity contribution < 1.29 is 13.2 Å². The second-order valence-electron chi connectivity index (χ2n) is 7.89. The maximum atomic E-state index is 12.9. The van der Waals surface area contributed by atoms with Gasteiger partial charge in [0.25, 0.3) is 0 Å². The third-order valence-corrected chi connectivity index (χ3v) is 8.05. The Labute approximate surface area is 156 Å². The maximum Gasteiger partial charge on any atom is 0.243 e. The minimum absolute atomic E-state index is 0.178. The lowest BCUT2D eigenvalue weighted by molar-refractivity contribution is -0.136. The first-order chi connectivity index (χ1) is 12.6. The Morgan fingerprint density at radius 3 is 2.38 bits per heavy atom. The van der Waals surface area contributed by atoms with Crippen LogP contribution in [0, 0.1) is 5.92 Å². The molecule has 2 aliphatic heterocycles. The molecule has 26 heavy (non-hydrogen) atoms. The number of amides is 1. The molecule has 1 aromatic carbocycles. The highest BCUT2D eigenvalue weighted by Crippen LogP contribution is 2.30. The molecule has 5 nitrogen and oxygen atoms in total. The zero-order chi connectivity index (χ0) is 18.1. The summed E-state index contributed by atoms with van der Waals surface area (Å²) >= 11 is 0. The van der Waals surface area contributed by atoms with E-state index in [2.05, 4.69) is 0 Å². The molecule has 0 aromatic heterocycles. The van der Waals surface area contributed by atoms with Crippen molar-refractivity contribution in [3.05, 3.63) is 29.3 Å². The van der Waals surface area contributed by atoms with Gasteiger partial charge in [-0.1, -0.05) is 25.3 Å². The number of hydrogen-bond acceptors (Lipinski definition) is 3. The van der Waals surface area contributed by atoms with E-state index in [-0.39, 0.29) is 11.8 Å². The fourth-order valence-corrected chi connectivity index (χ4v) is 6.14. The lowest BCUT2D eigenvalue weighted by atomic mass is 9.98. The SMILES string of the molecule is O=C(C1CCCC1)N1CCc2ccc(S(=O)(=O)N3CCCCC3)cc2C1. The summed E-state index contributed by atoms with van der Waals surface area (Å²) in [5, 5.41) is 0. The summed E-state index contributed by atoms with van der Waals surface area (Å²) in [4.78, 5) is 15.1. The summed E-state index contributed by atoms with van der Waals surface area (Å²) in [7, 11) is -3.42. The fraction of sp³-hybridized carbons (Fsp3) is 0.650. The standard InChI is InChI=1S/C20H28N2O3S/c23-20(17-6-2-3-7-17)21-13-10-16-8-9-19(14-18(16)15-21)26(24,25)22-11-4-1-5-12-22/h8-9,14,17H,1-7,10-13,15H2. The monoisotopic (exact) mass is 376 g/mol. The van der Waals surface area contributed by atoms with Crippen molar-refractivity contribution in [2.45, 2.75) is 62.8 Å². The minimum atomic E-state index is -3.42. The maximum absolute atomic E-state index is 12.9. The van der Waals surface area contributed by atoms with Crippen molar-refractivity contribution >= 4 is 15.9 Å². The lowest BCUT2D eigenvalue weighted by Gasteiger charge is -2.32. The van der Waals surface area contributed by atoms with Crippen molar-refractivity contribution in [2.75, 3.05) is 19.6 Å². The van der Waals surface area contributed by atoms with Crippen LogP contribution in [0.1, 0.15) is 56.1 Å². The molecule has 1 amide bonds. The van der Waals surface area contributed by atoms with Gasteiger partial charge in [0.1, 0.15) is 0 Å². The molecule has 2 fully saturated rings. The van der Waals surface area contributed by atoms with E-state index in [1.807, 2.05) is 17.0 Å². The molecular formula is C20H28N2O3S. The molecule has 0 spiro atoms. The van der Waals surface area contributed by atoms with E-state index >= 15 is 0 Å². The van der Waals surface area contributed by atoms with Crippen LogP contribution < -0.4 is 0 Å². The van der Waals surface area contributed by atoms with Gasteiger partial charge in [0.05, 0.1) is 4.90 Å². The van der Waals surface area contributed by atoms with Crippen LogP contribution in [0.2, 0.25) is 0 Å². The molecule has 0 N–H and O–H groups in total. The van der Waals surface area contributed by atoms with Crippen LogP contribution in [-0.4, -0.2) is 43.2 Å². The Morgan fingerprint density at radius 2 is 1.65 bits per heavy atom. The van der Waals surface area contributed by atoms with Gasteiger partial charge in [-0.15, -0.1) is 0 Å². The van der Waals surface area contributed by atoms with Crippen molar-refractivity contribution in [2.24, 2.45) is 5.92 Å². The average molecular weight is 377 g/mol. The predicted molar refractivity (Wildman–Crippen MR) is 100 cm³/mol. The van der Waals surface area contributed by atoms with Crippen molar-refractivity contribution in [1.29, 1.82) is 0 Å². The first-order valence-electron chi connectivity index (χ1n) is 9.96. The molecule has 4 rings (SSSR count). The molecular weight excluding hydrogens is 348 g/mol. The summed E-state index contributed by atoms with van der Waals surface area (Å²) in [5.41, 5.74) is 2.18. The minimum Gasteiger partial charge on any atom is -0.338 e. The van der Waals surface area contributed by atoms with Crippen molar-refractivity contribution in [3.63, 3.8) is 0 Å². The van der Waals surface area contributed by atoms with Crippen LogP contribution >= 0.6 is 0 Å². The summed E-state index contributed by atoms with van der Waals surface area (Å²) < 4.78 is 27.5. The zero-order valence-electron chi connectivity index (χ0n) is 15.3. The van der Waals surface area contributed by atoms with Crippen molar-refractivity contribution in [1.82, 2.24) is 9.21 Å². The number of sulfonamides is 1. The van der Waals surface area contributed by atoms with Crippen LogP contribution in [0.3, 0.4) is 0 Å². The zero-order valence-corrected chi connectivity index (χ0v) is 16.1. The summed E-state index contributed by atoms with van der Waals surface area (Å²) in [6.45, 7) is 2.53. The van der Waals surface area contributed by atoms with Crippen LogP contribution in [0.5, 0.6) is 0 Å². The van der Waals surface area contributed by atoms with Crippen molar-refractivity contribution in [3.8, 4) is 0 Å². The van der Waals surface area contributed by atoms with Gasteiger partial charge in [-0.05, 0) is 55.4 Å². The van der Waals surface area contributed by atoms with Gasteiger partial charge >= 0.3 is 0 Å². The van der Waals surface area contributed by atoms with E-state index in [0.717, 1.165) is 63.5 Å². The third kappa shape index (κ3) is 3.41. The molecule has 0 radical (unpaired) electrons. The Balaban J connectivity index is 1.54. The average Bonchev–Trinajstić information content (AvgIpc) is 3.22. The summed E-state index contributed by atoms with van der Waals surface area (Å²) in [6.07, 6.45) is 8.11. The molecule has 2 heterocycles. The molecule has 0 unspecified atom stereocenters. The smallest absolute Gasteiger partial charge is 0.243 e. The highest BCUT2D eigenvalue weighted by molar-refractivity contribution is 7.89. The summed E-state index contributed by atoms with van der Waals surface area (Å²) in [5.74, 6) is 0.439. The Kier molecular flexibility index (Phi) is 5.06. The number of fused-ring (bicyclic) bond motifs is 1. The highest BCUT2D eigenvalue weighted by Gasteiger charge is 2.31. The van der Waals surface area contributed by atoms with E-state index in [1.54, 1.807) is 10.4 Å². The molecule has 0 bridgehead atoms. The molecule has 6 heteroatoms. The molecule has 142 valence electrons. The number of benzene rings is 1. The molecule has 1 saturated heterocycles. The second kappa shape index (κ2) is 7.31. The second-order valence-corrected chi connectivity index (χ2v) is 9.82. The van der Waals surface area contributed by atoms with Gasteiger partial charge in [-0.2, -0.15) is 4.31 Å². The molecule has 3 aliphatic rings. The third-order valence-electron chi connectivity index (χ3n) is 6.16. The first kappa shape index (κ1) is 18.0. The van der Waals surface area contributed by atoms with E-state index < -0.39 is 10.0 Å². The van der Waals surface area contributed by atoms with E-state index in [0.29, 0.717) is 24.5 Å². The van der Waals surface area contributed by atoms with Crippen LogP contribution in [0.15, 0.2) is 23.1 Å². The van der Waals surface area contributed by atoms with Gasteiger partial charge in [0, 0.05) is 32.1 Å². The van der Waals surface area contributed by atoms with Crippen LogP contribution in [0.4, 0.5) is 0 Å². The Hall–Kier alpha value is -1.40. The first-order valence-corrected chi connectivity index (χ1v) is 11.4. The number of piperidine rings is 1. The van der Waals surface area contributed by atoms with Gasteiger partial charge in [-0.25, -0.2) is 8.42 Å². The molecule has 1 aromatic rings. The Bertz CT molecular complexity index is 778. The molecule has 1 aliphatic carbocycles. The number of carbonyl (C=O) groups is 1. The number of nitrogens with zero attached hydrogens (tertiary/aromatic N) is 2. The van der Waals surface area contributed by atoms with E-state index in [4.69, 9.17) is 0 Å². The van der Waals surface area contributed by atoms with Gasteiger partial charge in [0.2, 0.25) is 15.9 Å². The predicted octanol–water partition coefficient (Wildman–Crippen LogP) is 2.94. The number of rotatable bonds is 3. The molecule has 0 atom stereocenters. The molecule has 1 saturated carbocycles. The van der Waals surface area contributed by atoms with E-state index in [1.165, 1.54) is 5.56 Å². The summed E-state index contributed by atoms with van der Waals surface area (Å²) in [6, 6.07) is 5.51. The van der Waals surface area contributed by atoms with E-state index in [9.17, 15) is 13.2 Å². The fourth-order valence-electron chi connectivity index (χ4n) is 4.57. The normalized spacial score (nSPS) is 22.4. The van der Waals surface area contributed by atoms with Gasteiger partial charge in [0.15, 0.2) is 0 Å². The lowest BCUT2D eigenvalue weighted by Crippen LogP contribution is -2.39. The van der Waals surface area contributed by atoms with Crippen LogP contribution in [0.25, 0.3) is 0 Å². The van der Waals surface area contributed by atoms with Crippen LogP contribution in [-0.2, 0) is 27.8 Å². The Morgan fingerprint density at radius 1 is 0.923 bits per heavy atom. The number of hydrogen-bond donors (Lipinski definition) is 0.